The Bertz CT molecular complexity index is 1010. The molecule has 2 amide bonds. The Labute approximate surface area is 193 Å². The molecule has 0 N–H and O–H groups in total. The molecule has 7 heteroatoms. The molecule has 0 unspecified atom stereocenters. The van der Waals surface area contributed by atoms with Crippen molar-refractivity contribution in [1.82, 2.24) is 14.7 Å². The molecule has 0 radical (unpaired) electrons. The predicted molar refractivity (Wildman–Crippen MR) is 120 cm³/mol. The second-order valence-electron chi connectivity index (χ2n) is 9.59. The van der Waals surface area contributed by atoms with Crippen molar-refractivity contribution < 1.29 is 18.4 Å². The Hall–Kier alpha value is -2.80. The van der Waals surface area contributed by atoms with Crippen LogP contribution in [-0.4, -0.2) is 65.8 Å². The van der Waals surface area contributed by atoms with Gasteiger partial charge in [0.15, 0.2) is 0 Å². The standard InChI is InChI=1S/C26H29F2N3O2/c27-21-7-4-8-22(28)23(21)25(33)30-11-9-26(10-12-30)17-20(26)24(32)31-15-13-29(14-16-31)18-19-5-2-1-3-6-19/h1-8,20H,9-18H2/t20-/m1/s1. The molecule has 1 aliphatic carbocycles. The average Bonchev–Trinajstić information content (AvgIpc) is 3.53. The van der Waals surface area contributed by atoms with Crippen LogP contribution in [0.3, 0.4) is 0 Å². The van der Waals surface area contributed by atoms with Crippen LogP contribution in [0, 0.1) is 23.0 Å². The molecule has 2 aliphatic heterocycles. The SMILES string of the molecule is O=C(c1c(F)cccc1F)N1CCC2(CC1)C[C@@H]2C(=O)N1CCN(Cc2ccccc2)CC1. The molecule has 174 valence electrons. The van der Waals surface area contributed by atoms with Crippen LogP contribution >= 0.6 is 0 Å². The molecule has 1 spiro atoms. The van der Waals surface area contributed by atoms with Crippen molar-refractivity contribution in [3.05, 3.63) is 71.3 Å². The summed E-state index contributed by atoms with van der Waals surface area (Å²) >= 11 is 0. The van der Waals surface area contributed by atoms with Gasteiger partial charge in [0, 0.05) is 51.7 Å². The zero-order valence-electron chi connectivity index (χ0n) is 18.7. The van der Waals surface area contributed by atoms with Gasteiger partial charge in [0.2, 0.25) is 5.91 Å². The molecule has 5 nitrogen and oxygen atoms in total. The third-order valence-corrected chi connectivity index (χ3v) is 7.64. The van der Waals surface area contributed by atoms with Crippen LogP contribution in [0.15, 0.2) is 48.5 Å². The molecular formula is C26H29F2N3O2. The summed E-state index contributed by atoms with van der Waals surface area (Å²) in [7, 11) is 0. The van der Waals surface area contributed by atoms with Gasteiger partial charge in [-0.2, -0.15) is 0 Å². The van der Waals surface area contributed by atoms with E-state index in [0.29, 0.717) is 25.9 Å². The Kier molecular flexibility index (Phi) is 5.91. The summed E-state index contributed by atoms with van der Waals surface area (Å²) < 4.78 is 28.0. The van der Waals surface area contributed by atoms with Crippen molar-refractivity contribution in [2.45, 2.75) is 25.8 Å². The lowest BCUT2D eigenvalue weighted by molar-refractivity contribution is -0.135. The molecule has 2 aromatic rings. The molecule has 3 fully saturated rings. The van der Waals surface area contributed by atoms with E-state index in [9.17, 15) is 18.4 Å². The minimum atomic E-state index is -0.828. The monoisotopic (exact) mass is 453 g/mol. The maximum Gasteiger partial charge on any atom is 0.259 e. The van der Waals surface area contributed by atoms with Crippen molar-refractivity contribution in [2.24, 2.45) is 11.3 Å². The minimum absolute atomic E-state index is 0.0145. The number of hydrogen-bond acceptors (Lipinski definition) is 3. The second kappa shape index (κ2) is 8.86. The number of carbonyl (C=O) groups is 2. The van der Waals surface area contributed by atoms with Gasteiger partial charge in [0.25, 0.3) is 5.91 Å². The predicted octanol–water partition coefficient (Wildman–Crippen LogP) is 3.55. The van der Waals surface area contributed by atoms with E-state index in [0.717, 1.165) is 51.3 Å². The lowest BCUT2D eigenvalue weighted by atomic mass is 9.90. The van der Waals surface area contributed by atoms with Gasteiger partial charge < -0.3 is 9.80 Å². The van der Waals surface area contributed by atoms with E-state index in [2.05, 4.69) is 17.0 Å². The van der Waals surface area contributed by atoms with E-state index < -0.39 is 23.1 Å². The number of rotatable bonds is 4. The molecule has 5 rings (SSSR count). The number of amides is 2. The van der Waals surface area contributed by atoms with Crippen molar-refractivity contribution in [2.75, 3.05) is 39.3 Å². The Morgan fingerprint density at radius 1 is 0.818 bits per heavy atom. The van der Waals surface area contributed by atoms with E-state index >= 15 is 0 Å². The molecule has 1 atom stereocenters. The van der Waals surface area contributed by atoms with E-state index in [1.165, 1.54) is 16.5 Å². The maximum atomic E-state index is 14.0. The van der Waals surface area contributed by atoms with Crippen LogP contribution in [0.4, 0.5) is 8.78 Å². The fourth-order valence-electron chi connectivity index (χ4n) is 5.45. The Morgan fingerprint density at radius 3 is 2.09 bits per heavy atom. The fourth-order valence-corrected chi connectivity index (χ4v) is 5.45. The van der Waals surface area contributed by atoms with Gasteiger partial charge in [0.05, 0.1) is 0 Å². The zero-order chi connectivity index (χ0) is 23.0. The van der Waals surface area contributed by atoms with Crippen molar-refractivity contribution in [3.8, 4) is 0 Å². The second-order valence-corrected chi connectivity index (χ2v) is 9.59. The molecule has 2 saturated heterocycles. The first-order valence-corrected chi connectivity index (χ1v) is 11.8. The van der Waals surface area contributed by atoms with Crippen LogP contribution in [0.2, 0.25) is 0 Å². The van der Waals surface area contributed by atoms with Gasteiger partial charge >= 0.3 is 0 Å². The third-order valence-electron chi connectivity index (χ3n) is 7.64. The van der Waals surface area contributed by atoms with Gasteiger partial charge in [-0.05, 0) is 42.4 Å². The first-order valence-electron chi connectivity index (χ1n) is 11.8. The van der Waals surface area contributed by atoms with Gasteiger partial charge in [-0.1, -0.05) is 36.4 Å². The van der Waals surface area contributed by atoms with Crippen LogP contribution in [0.25, 0.3) is 0 Å². The number of benzene rings is 2. The third kappa shape index (κ3) is 4.38. The van der Waals surface area contributed by atoms with Crippen LogP contribution in [-0.2, 0) is 11.3 Å². The summed E-state index contributed by atoms with van der Waals surface area (Å²) in [5.74, 6) is -2.01. The number of halogens is 2. The number of likely N-dealkylation sites (tertiary alicyclic amines) is 1. The summed E-state index contributed by atoms with van der Waals surface area (Å²) in [4.78, 5) is 31.7. The van der Waals surface area contributed by atoms with Crippen LogP contribution < -0.4 is 0 Å². The van der Waals surface area contributed by atoms with E-state index in [1.807, 2.05) is 23.1 Å². The highest BCUT2D eigenvalue weighted by atomic mass is 19.1. The number of nitrogens with zero attached hydrogens (tertiary/aromatic N) is 3. The number of hydrogen-bond donors (Lipinski definition) is 0. The highest BCUT2D eigenvalue weighted by Crippen LogP contribution is 2.60. The zero-order valence-corrected chi connectivity index (χ0v) is 18.7. The summed E-state index contributed by atoms with van der Waals surface area (Å²) in [6.07, 6.45) is 2.27. The van der Waals surface area contributed by atoms with Gasteiger partial charge in [-0.25, -0.2) is 8.78 Å². The summed E-state index contributed by atoms with van der Waals surface area (Å²) in [6, 6.07) is 13.8. The lowest BCUT2D eigenvalue weighted by Gasteiger charge is -2.36. The highest BCUT2D eigenvalue weighted by Gasteiger charge is 2.59. The molecule has 33 heavy (non-hydrogen) atoms. The molecule has 2 heterocycles. The number of piperazine rings is 1. The van der Waals surface area contributed by atoms with Crippen molar-refractivity contribution in [1.29, 1.82) is 0 Å². The van der Waals surface area contributed by atoms with Gasteiger partial charge in [0.1, 0.15) is 17.2 Å². The Balaban J connectivity index is 1.12. The minimum Gasteiger partial charge on any atom is -0.340 e. The quantitative estimate of drug-likeness (QED) is 0.711. The Morgan fingerprint density at radius 2 is 1.45 bits per heavy atom. The first kappa shape index (κ1) is 22.0. The molecular weight excluding hydrogens is 424 g/mol. The molecule has 1 saturated carbocycles. The van der Waals surface area contributed by atoms with Gasteiger partial charge in [-0.15, -0.1) is 0 Å². The summed E-state index contributed by atoms with van der Waals surface area (Å²) in [5, 5.41) is 0. The normalized spacial score (nSPS) is 22.4. The van der Waals surface area contributed by atoms with Gasteiger partial charge in [-0.3, -0.25) is 14.5 Å². The number of carbonyl (C=O) groups excluding carboxylic acids is 2. The van der Waals surface area contributed by atoms with Crippen LogP contribution in [0.5, 0.6) is 0 Å². The first-order chi connectivity index (χ1) is 16.0. The molecule has 0 bridgehead atoms. The molecule has 2 aromatic carbocycles. The largest absolute Gasteiger partial charge is 0.340 e. The summed E-state index contributed by atoms with van der Waals surface area (Å²) in [5.41, 5.74) is 0.753. The lowest BCUT2D eigenvalue weighted by Crippen LogP contribution is -2.49. The van der Waals surface area contributed by atoms with Crippen molar-refractivity contribution >= 4 is 11.8 Å². The highest BCUT2D eigenvalue weighted by molar-refractivity contribution is 5.95. The molecule has 0 aromatic heterocycles. The number of piperidine rings is 1. The maximum absolute atomic E-state index is 14.0. The smallest absolute Gasteiger partial charge is 0.259 e. The fraction of sp³-hybridized carbons (Fsp3) is 0.462. The van der Waals surface area contributed by atoms with Crippen molar-refractivity contribution in [3.63, 3.8) is 0 Å². The molecule has 3 aliphatic rings. The van der Waals surface area contributed by atoms with Crippen LogP contribution in [0.1, 0.15) is 35.2 Å². The average molecular weight is 454 g/mol. The van der Waals surface area contributed by atoms with E-state index in [1.54, 1.807) is 0 Å². The topological polar surface area (TPSA) is 43.9 Å². The van der Waals surface area contributed by atoms with E-state index in [-0.39, 0.29) is 17.2 Å². The summed E-state index contributed by atoms with van der Waals surface area (Å²) in [6.45, 7) is 5.00. The van der Waals surface area contributed by atoms with E-state index in [4.69, 9.17) is 0 Å².